The van der Waals surface area contributed by atoms with Gasteiger partial charge in [0.05, 0.1) is 19.6 Å². The van der Waals surface area contributed by atoms with E-state index in [2.05, 4.69) is 40.3 Å². The number of carbonyl (C=O) groups is 2. The zero-order chi connectivity index (χ0) is 22.4. The van der Waals surface area contributed by atoms with E-state index in [0.717, 1.165) is 49.4 Å². The van der Waals surface area contributed by atoms with Crippen LogP contribution in [0.25, 0.3) is 0 Å². The van der Waals surface area contributed by atoms with E-state index in [1.807, 2.05) is 19.1 Å². The second-order valence-electron chi connectivity index (χ2n) is 9.16. The third kappa shape index (κ3) is 6.43. The number of rotatable bonds is 8. The number of nitrogens with zero attached hydrogens (tertiary/aromatic N) is 2. The minimum Gasteiger partial charge on any atom is -0.496 e. The maximum absolute atomic E-state index is 12.7. The van der Waals surface area contributed by atoms with Crippen molar-refractivity contribution in [2.75, 3.05) is 39.8 Å². The van der Waals surface area contributed by atoms with Gasteiger partial charge in [0.2, 0.25) is 11.8 Å². The smallest absolute Gasteiger partial charge is 0.237 e. The Hall–Kier alpha value is -2.12. The highest BCUT2D eigenvalue weighted by atomic mass is 16.5. The molecule has 2 aliphatic rings. The van der Waals surface area contributed by atoms with Crippen molar-refractivity contribution >= 4 is 11.8 Å². The number of aryl methyl sites for hydroxylation is 1. The monoisotopic (exact) mass is 430 g/mol. The minimum atomic E-state index is -0.432. The van der Waals surface area contributed by atoms with Crippen LogP contribution in [0.15, 0.2) is 18.2 Å². The number of piperidine rings is 1. The number of piperazine rings is 1. The molecule has 172 valence electrons. The van der Waals surface area contributed by atoms with Crippen LogP contribution in [0.1, 0.15) is 44.2 Å². The van der Waals surface area contributed by atoms with Crippen LogP contribution in [0.5, 0.6) is 5.75 Å². The zero-order valence-corrected chi connectivity index (χ0v) is 19.4. The summed E-state index contributed by atoms with van der Waals surface area (Å²) in [6, 6.07) is 6.23. The third-order valence-corrected chi connectivity index (χ3v) is 6.63. The van der Waals surface area contributed by atoms with Crippen LogP contribution < -0.4 is 15.4 Å². The Balaban J connectivity index is 1.52. The fourth-order valence-corrected chi connectivity index (χ4v) is 4.63. The molecule has 2 heterocycles. The molecule has 0 saturated carbocycles. The van der Waals surface area contributed by atoms with Crippen molar-refractivity contribution in [1.82, 2.24) is 20.4 Å². The number of amides is 2. The summed E-state index contributed by atoms with van der Waals surface area (Å²) >= 11 is 0. The first kappa shape index (κ1) is 23.5. The highest BCUT2D eigenvalue weighted by Gasteiger charge is 2.32. The van der Waals surface area contributed by atoms with Crippen LogP contribution >= 0.6 is 0 Å². The van der Waals surface area contributed by atoms with Gasteiger partial charge in [0.25, 0.3) is 0 Å². The first-order valence-corrected chi connectivity index (χ1v) is 11.5. The van der Waals surface area contributed by atoms with Crippen LogP contribution in [0.4, 0.5) is 0 Å². The first-order chi connectivity index (χ1) is 14.9. The zero-order valence-electron chi connectivity index (χ0n) is 19.4. The Morgan fingerprint density at radius 1 is 1.26 bits per heavy atom. The van der Waals surface area contributed by atoms with Gasteiger partial charge in [-0.1, -0.05) is 12.1 Å². The molecule has 1 unspecified atom stereocenters. The van der Waals surface area contributed by atoms with Crippen LogP contribution in [-0.4, -0.2) is 73.5 Å². The number of likely N-dealkylation sites (tertiary alicyclic amines) is 1. The maximum atomic E-state index is 12.7. The normalized spacial score (nSPS) is 21.2. The molecule has 0 spiro atoms. The number of hydrogen-bond donors (Lipinski definition) is 2. The number of carbonyl (C=O) groups excluding carboxylic acids is 2. The molecule has 31 heavy (non-hydrogen) atoms. The van der Waals surface area contributed by atoms with E-state index in [1.54, 1.807) is 7.11 Å². The predicted octanol–water partition coefficient (Wildman–Crippen LogP) is 1.93. The lowest BCUT2D eigenvalue weighted by Gasteiger charge is -2.36. The molecule has 1 aromatic carbocycles. The molecule has 2 amide bonds. The Morgan fingerprint density at radius 2 is 2.00 bits per heavy atom. The largest absolute Gasteiger partial charge is 0.496 e. The molecule has 7 heteroatoms. The van der Waals surface area contributed by atoms with Crippen LogP contribution in [0.2, 0.25) is 0 Å². The number of nitrogens with one attached hydrogen (secondary N) is 2. The summed E-state index contributed by atoms with van der Waals surface area (Å²) < 4.78 is 5.34. The average Bonchev–Trinajstić information content (AvgIpc) is 2.75. The number of ether oxygens (including phenoxy) is 1. The van der Waals surface area contributed by atoms with Gasteiger partial charge in [-0.25, -0.2) is 0 Å². The molecular formula is C24H38N4O3. The molecule has 2 saturated heterocycles. The van der Waals surface area contributed by atoms with Gasteiger partial charge in [0.15, 0.2) is 0 Å². The van der Waals surface area contributed by atoms with Crippen LogP contribution in [0, 0.1) is 12.8 Å². The maximum Gasteiger partial charge on any atom is 0.237 e. The van der Waals surface area contributed by atoms with Crippen molar-refractivity contribution in [3.05, 3.63) is 29.3 Å². The highest BCUT2D eigenvalue weighted by molar-refractivity contribution is 5.88. The van der Waals surface area contributed by atoms with E-state index >= 15 is 0 Å². The summed E-state index contributed by atoms with van der Waals surface area (Å²) in [5.74, 6) is 1.29. The van der Waals surface area contributed by atoms with Crippen LogP contribution in [0.3, 0.4) is 0 Å². The topological polar surface area (TPSA) is 73.9 Å². The molecule has 0 radical (unpaired) electrons. The molecular weight excluding hydrogens is 392 g/mol. The molecule has 1 aromatic rings. The molecule has 3 rings (SSSR count). The predicted molar refractivity (Wildman–Crippen MR) is 122 cm³/mol. The molecule has 0 aromatic heterocycles. The summed E-state index contributed by atoms with van der Waals surface area (Å²) in [5, 5.41) is 6.01. The van der Waals surface area contributed by atoms with E-state index in [9.17, 15) is 9.59 Å². The lowest BCUT2D eigenvalue weighted by atomic mass is 9.96. The van der Waals surface area contributed by atoms with Gasteiger partial charge < -0.3 is 20.3 Å². The summed E-state index contributed by atoms with van der Waals surface area (Å²) in [6.07, 6.45) is 2.43. The SMILES string of the molecule is COc1ccc(CN2CCNC(=O)C2CC(=O)NCC2CCN(C(C)C)CC2)cc1C. The first-order valence-electron chi connectivity index (χ1n) is 11.5. The van der Waals surface area contributed by atoms with Gasteiger partial charge in [-0.2, -0.15) is 0 Å². The molecule has 0 bridgehead atoms. The van der Waals surface area contributed by atoms with Crippen molar-refractivity contribution in [3.8, 4) is 5.75 Å². The van der Waals surface area contributed by atoms with E-state index in [-0.39, 0.29) is 18.2 Å². The highest BCUT2D eigenvalue weighted by Crippen LogP contribution is 2.22. The quantitative estimate of drug-likeness (QED) is 0.659. The Labute approximate surface area is 186 Å². The second-order valence-corrected chi connectivity index (χ2v) is 9.16. The Bertz CT molecular complexity index is 759. The van der Waals surface area contributed by atoms with Crippen molar-refractivity contribution in [2.24, 2.45) is 5.92 Å². The average molecular weight is 431 g/mol. The molecule has 7 nitrogen and oxygen atoms in total. The van der Waals surface area contributed by atoms with Gasteiger partial charge in [0.1, 0.15) is 5.75 Å². The van der Waals surface area contributed by atoms with Crippen molar-refractivity contribution < 1.29 is 14.3 Å². The van der Waals surface area contributed by atoms with Crippen molar-refractivity contribution in [2.45, 2.75) is 58.7 Å². The fourth-order valence-electron chi connectivity index (χ4n) is 4.63. The third-order valence-electron chi connectivity index (χ3n) is 6.63. The van der Waals surface area contributed by atoms with Crippen LogP contribution in [-0.2, 0) is 16.1 Å². The van der Waals surface area contributed by atoms with Gasteiger partial charge in [0, 0.05) is 32.2 Å². The molecule has 1 atom stereocenters. The molecule has 2 N–H and O–H groups in total. The van der Waals surface area contributed by atoms with Crippen molar-refractivity contribution in [1.29, 1.82) is 0 Å². The Morgan fingerprint density at radius 3 is 2.65 bits per heavy atom. The lowest BCUT2D eigenvalue weighted by molar-refractivity contribution is -0.134. The number of hydrogen-bond acceptors (Lipinski definition) is 5. The van der Waals surface area contributed by atoms with Gasteiger partial charge in [-0.3, -0.25) is 14.5 Å². The molecule has 2 aliphatic heterocycles. The second kappa shape index (κ2) is 11.0. The van der Waals surface area contributed by atoms with Gasteiger partial charge in [-0.15, -0.1) is 0 Å². The summed E-state index contributed by atoms with van der Waals surface area (Å²) in [4.78, 5) is 29.8. The minimum absolute atomic E-state index is 0.0377. The standard InChI is InChI=1S/C24H38N4O3/c1-17(2)27-10-7-19(8-11-27)15-26-23(29)14-21-24(30)25-9-12-28(21)16-20-5-6-22(31-4)18(3)13-20/h5-6,13,17,19,21H,7-12,14-16H2,1-4H3,(H,25,30)(H,26,29). The molecule has 2 fully saturated rings. The number of methoxy groups -OCH3 is 1. The Kier molecular flexibility index (Phi) is 8.32. The van der Waals surface area contributed by atoms with Gasteiger partial charge in [-0.05, 0) is 69.8 Å². The fraction of sp³-hybridized carbons (Fsp3) is 0.667. The van der Waals surface area contributed by atoms with E-state index in [4.69, 9.17) is 4.74 Å². The van der Waals surface area contributed by atoms with Crippen molar-refractivity contribution in [3.63, 3.8) is 0 Å². The lowest BCUT2D eigenvalue weighted by Crippen LogP contribution is -2.56. The molecule has 0 aliphatic carbocycles. The summed E-state index contributed by atoms with van der Waals surface area (Å²) in [7, 11) is 1.67. The number of benzene rings is 1. The summed E-state index contributed by atoms with van der Waals surface area (Å²) in [5.41, 5.74) is 2.19. The van der Waals surface area contributed by atoms with E-state index < -0.39 is 6.04 Å². The van der Waals surface area contributed by atoms with E-state index in [1.165, 1.54) is 0 Å². The summed E-state index contributed by atoms with van der Waals surface area (Å²) in [6.45, 7) is 11.4. The van der Waals surface area contributed by atoms with Gasteiger partial charge >= 0.3 is 0 Å². The van der Waals surface area contributed by atoms with E-state index in [0.29, 0.717) is 31.6 Å².